The molecule has 5 heteroatoms. The standard InChI is InChI=1S/C11H17ClN4/c12-10-9(13)11(15-8-14-10)16-6-4-2-1-3-5-7-16/h8H,1-7,13H2. The molecule has 4 nitrogen and oxygen atoms in total. The number of hydrogen-bond donors (Lipinski definition) is 1. The zero-order valence-electron chi connectivity index (χ0n) is 9.32. The van der Waals surface area contributed by atoms with Gasteiger partial charge < -0.3 is 10.6 Å². The van der Waals surface area contributed by atoms with E-state index >= 15 is 0 Å². The summed E-state index contributed by atoms with van der Waals surface area (Å²) in [6.45, 7) is 2.02. The monoisotopic (exact) mass is 240 g/mol. The van der Waals surface area contributed by atoms with Crippen LogP contribution in [0, 0.1) is 0 Å². The third-order valence-electron chi connectivity index (χ3n) is 2.97. The van der Waals surface area contributed by atoms with Crippen LogP contribution in [0.2, 0.25) is 5.15 Å². The van der Waals surface area contributed by atoms with Crippen LogP contribution >= 0.6 is 11.6 Å². The van der Waals surface area contributed by atoms with Crippen molar-refractivity contribution >= 4 is 23.1 Å². The van der Waals surface area contributed by atoms with Gasteiger partial charge in [-0.1, -0.05) is 30.9 Å². The van der Waals surface area contributed by atoms with Gasteiger partial charge >= 0.3 is 0 Å². The number of halogens is 1. The van der Waals surface area contributed by atoms with Crippen LogP contribution in [0.5, 0.6) is 0 Å². The predicted molar refractivity (Wildman–Crippen MR) is 66.8 cm³/mol. The van der Waals surface area contributed by atoms with Crippen molar-refractivity contribution in [1.82, 2.24) is 9.97 Å². The Labute approximate surface area is 101 Å². The Bertz CT molecular complexity index is 348. The Balaban J connectivity index is 2.17. The molecular weight excluding hydrogens is 224 g/mol. The lowest BCUT2D eigenvalue weighted by molar-refractivity contribution is 0.554. The van der Waals surface area contributed by atoms with E-state index in [1.165, 1.54) is 38.4 Å². The summed E-state index contributed by atoms with van der Waals surface area (Å²) in [6.07, 6.45) is 7.78. The Morgan fingerprint density at radius 3 is 2.38 bits per heavy atom. The van der Waals surface area contributed by atoms with Gasteiger partial charge in [-0.25, -0.2) is 9.97 Å². The molecule has 0 unspecified atom stereocenters. The first-order valence-electron chi connectivity index (χ1n) is 5.80. The van der Waals surface area contributed by atoms with E-state index in [0.29, 0.717) is 10.8 Å². The lowest BCUT2D eigenvalue weighted by Crippen LogP contribution is -2.28. The van der Waals surface area contributed by atoms with Crippen LogP contribution in [0.3, 0.4) is 0 Å². The van der Waals surface area contributed by atoms with E-state index < -0.39 is 0 Å². The zero-order valence-corrected chi connectivity index (χ0v) is 10.1. The number of anilines is 2. The van der Waals surface area contributed by atoms with Crippen LogP contribution in [-0.2, 0) is 0 Å². The molecule has 88 valence electrons. The number of hydrogen-bond acceptors (Lipinski definition) is 4. The fraction of sp³-hybridized carbons (Fsp3) is 0.636. The first kappa shape index (κ1) is 11.5. The quantitative estimate of drug-likeness (QED) is 0.767. The summed E-state index contributed by atoms with van der Waals surface area (Å²) in [7, 11) is 0. The number of nitrogens with two attached hydrogens (primary N) is 1. The maximum atomic E-state index is 5.90. The number of rotatable bonds is 1. The van der Waals surface area contributed by atoms with Crippen molar-refractivity contribution in [3.05, 3.63) is 11.5 Å². The topological polar surface area (TPSA) is 55.0 Å². The van der Waals surface area contributed by atoms with Crippen molar-refractivity contribution in [2.45, 2.75) is 32.1 Å². The predicted octanol–water partition coefficient (Wildman–Crippen LogP) is 2.48. The highest BCUT2D eigenvalue weighted by Gasteiger charge is 2.14. The zero-order chi connectivity index (χ0) is 11.4. The summed E-state index contributed by atoms with van der Waals surface area (Å²) in [6, 6.07) is 0. The van der Waals surface area contributed by atoms with Crippen molar-refractivity contribution < 1.29 is 0 Å². The van der Waals surface area contributed by atoms with Gasteiger partial charge in [0.15, 0.2) is 11.0 Å². The molecule has 16 heavy (non-hydrogen) atoms. The molecule has 0 saturated carbocycles. The third-order valence-corrected chi connectivity index (χ3v) is 3.27. The first-order valence-corrected chi connectivity index (χ1v) is 6.18. The first-order chi connectivity index (χ1) is 7.79. The second-order valence-corrected chi connectivity index (χ2v) is 4.51. The van der Waals surface area contributed by atoms with Gasteiger partial charge in [0, 0.05) is 13.1 Å². The van der Waals surface area contributed by atoms with Crippen molar-refractivity contribution in [3.8, 4) is 0 Å². The molecule has 0 aromatic carbocycles. The average Bonchev–Trinajstić information content (AvgIpc) is 2.23. The summed E-state index contributed by atoms with van der Waals surface area (Å²) in [4.78, 5) is 10.3. The van der Waals surface area contributed by atoms with Gasteiger partial charge in [-0.15, -0.1) is 0 Å². The Morgan fingerprint density at radius 1 is 1.06 bits per heavy atom. The van der Waals surface area contributed by atoms with Crippen LogP contribution in [0.4, 0.5) is 11.5 Å². The summed E-state index contributed by atoms with van der Waals surface area (Å²) < 4.78 is 0. The number of nitrogen functional groups attached to an aromatic ring is 1. The van der Waals surface area contributed by atoms with Crippen LogP contribution in [-0.4, -0.2) is 23.1 Å². The van der Waals surface area contributed by atoms with E-state index in [9.17, 15) is 0 Å². The van der Waals surface area contributed by atoms with E-state index in [0.717, 1.165) is 18.9 Å². The molecule has 1 aromatic heterocycles. The molecular formula is C11H17ClN4. The van der Waals surface area contributed by atoms with Gasteiger partial charge in [-0.05, 0) is 12.8 Å². The van der Waals surface area contributed by atoms with Gasteiger partial charge in [-0.2, -0.15) is 0 Å². The molecule has 0 atom stereocenters. The SMILES string of the molecule is Nc1c(Cl)ncnc1N1CCCCCCC1. The van der Waals surface area contributed by atoms with Gasteiger partial charge in [0.1, 0.15) is 12.0 Å². The molecule has 2 N–H and O–H groups in total. The minimum absolute atomic E-state index is 0.354. The minimum atomic E-state index is 0.354. The highest BCUT2D eigenvalue weighted by atomic mass is 35.5. The molecule has 0 aliphatic carbocycles. The fourth-order valence-electron chi connectivity index (χ4n) is 2.08. The molecule has 1 aliphatic heterocycles. The third kappa shape index (κ3) is 2.55. The van der Waals surface area contributed by atoms with Gasteiger partial charge in [-0.3, -0.25) is 0 Å². The van der Waals surface area contributed by atoms with Crippen molar-refractivity contribution in [2.75, 3.05) is 23.7 Å². The number of aromatic nitrogens is 2. The highest BCUT2D eigenvalue weighted by molar-refractivity contribution is 6.32. The molecule has 1 saturated heterocycles. The van der Waals surface area contributed by atoms with Crippen molar-refractivity contribution in [3.63, 3.8) is 0 Å². The summed E-state index contributed by atoms with van der Waals surface area (Å²) in [5, 5.41) is 0.354. The Hall–Kier alpha value is -1.03. The molecule has 0 amide bonds. The minimum Gasteiger partial charge on any atom is -0.393 e. The molecule has 2 heterocycles. The fourth-order valence-corrected chi connectivity index (χ4v) is 2.21. The van der Waals surface area contributed by atoms with E-state index in [1.807, 2.05) is 0 Å². The van der Waals surface area contributed by atoms with Crippen molar-refractivity contribution in [1.29, 1.82) is 0 Å². The largest absolute Gasteiger partial charge is 0.393 e. The lowest BCUT2D eigenvalue weighted by Gasteiger charge is -2.26. The summed E-state index contributed by atoms with van der Waals surface area (Å²) in [5.74, 6) is 0.793. The maximum Gasteiger partial charge on any atom is 0.157 e. The molecule has 0 bridgehead atoms. The molecule has 2 rings (SSSR count). The molecule has 1 fully saturated rings. The molecule has 0 radical (unpaired) electrons. The number of nitrogens with zero attached hydrogens (tertiary/aromatic N) is 3. The summed E-state index contributed by atoms with van der Waals surface area (Å²) in [5.41, 5.74) is 6.41. The van der Waals surface area contributed by atoms with Crippen LogP contribution < -0.4 is 10.6 Å². The van der Waals surface area contributed by atoms with Crippen LogP contribution in [0.15, 0.2) is 6.33 Å². The van der Waals surface area contributed by atoms with Crippen LogP contribution in [0.1, 0.15) is 32.1 Å². The summed E-state index contributed by atoms with van der Waals surface area (Å²) >= 11 is 5.90. The normalized spacial score (nSPS) is 17.9. The second-order valence-electron chi connectivity index (χ2n) is 4.16. The van der Waals surface area contributed by atoms with Gasteiger partial charge in [0.05, 0.1) is 0 Å². The Morgan fingerprint density at radius 2 is 1.69 bits per heavy atom. The molecule has 1 aromatic rings. The van der Waals surface area contributed by atoms with Crippen LogP contribution in [0.25, 0.3) is 0 Å². The maximum absolute atomic E-state index is 5.90. The smallest absolute Gasteiger partial charge is 0.157 e. The molecule has 0 spiro atoms. The Kier molecular flexibility index (Phi) is 3.83. The van der Waals surface area contributed by atoms with E-state index in [4.69, 9.17) is 17.3 Å². The van der Waals surface area contributed by atoms with E-state index in [2.05, 4.69) is 14.9 Å². The average molecular weight is 241 g/mol. The van der Waals surface area contributed by atoms with E-state index in [1.54, 1.807) is 0 Å². The van der Waals surface area contributed by atoms with Crippen molar-refractivity contribution in [2.24, 2.45) is 0 Å². The molecule has 1 aliphatic rings. The lowest BCUT2D eigenvalue weighted by atomic mass is 10.1. The van der Waals surface area contributed by atoms with E-state index in [-0.39, 0.29) is 0 Å². The second kappa shape index (κ2) is 5.34. The van der Waals surface area contributed by atoms with Gasteiger partial charge in [0.2, 0.25) is 0 Å². The van der Waals surface area contributed by atoms with Gasteiger partial charge in [0.25, 0.3) is 0 Å². The highest BCUT2D eigenvalue weighted by Crippen LogP contribution is 2.27.